The van der Waals surface area contributed by atoms with E-state index >= 15 is 0 Å². The van der Waals surface area contributed by atoms with Crippen LogP contribution in [0.5, 0.6) is 0 Å². The lowest BCUT2D eigenvalue weighted by Crippen LogP contribution is -2.47. The highest BCUT2D eigenvalue weighted by Gasteiger charge is 2.42. The third kappa shape index (κ3) is 2.50. The molecule has 92 valence electrons. The van der Waals surface area contributed by atoms with Crippen LogP contribution in [0.1, 0.15) is 32.6 Å². The molecule has 0 radical (unpaired) electrons. The minimum absolute atomic E-state index is 0.282. The highest BCUT2D eigenvalue weighted by atomic mass is 15.0. The number of aryl methyl sites for hydroxylation is 1. The zero-order valence-electron chi connectivity index (χ0n) is 10.4. The lowest BCUT2D eigenvalue weighted by Gasteiger charge is -2.29. The second kappa shape index (κ2) is 5.33. The Morgan fingerprint density at radius 2 is 2.53 bits per heavy atom. The molecule has 1 aromatic rings. The molecule has 17 heavy (non-hydrogen) atoms. The van der Waals surface area contributed by atoms with Crippen molar-refractivity contribution in [2.45, 2.75) is 44.7 Å². The molecule has 1 saturated carbocycles. The Morgan fingerprint density at radius 3 is 3.18 bits per heavy atom. The molecule has 0 aromatic carbocycles. The number of nitrogens with zero attached hydrogens (tertiary/aromatic N) is 3. The van der Waals surface area contributed by atoms with E-state index in [4.69, 9.17) is 0 Å². The average Bonchev–Trinajstić information content (AvgIpc) is 2.96. The van der Waals surface area contributed by atoms with Crippen LogP contribution in [0.3, 0.4) is 0 Å². The van der Waals surface area contributed by atoms with Gasteiger partial charge in [-0.05, 0) is 31.7 Å². The van der Waals surface area contributed by atoms with E-state index in [0.717, 1.165) is 38.8 Å². The lowest BCUT2D eigenvalue weighted by molar-refractivity contribution is 0.295. The van der Waals surface area contributed by atoms with Crippen molar-refractivity contribution in [2.75, 3.05) is 6.54 Å². The van der Waals surface area contributed by atoms with Gasteiger partial charge >= 0.3 is 0 Å². The Kier molecular flexibility index (Phi) is 3.80. The van der Waals surface area contributed by atoms with E-state index in [1.54, 1.807) is 6.20 Å². The molecule has 1 N–H and O–H groups in total. The summed E-state index contributed by atoms with van der Waals surface area (Å²) < 4.78 is 2.09. The first-order chi connectivity index (χ1) is 8.30. The zero-order valence-corrected chi connectivity index (χ0v) is 10.4. The van der Waals surface area contributed by atoms with Crippen molar-refractivity contribution >= 4 is 0 Å². The Morgan fingerprint density at radius 1 is 1.65 bits per heavy atom. The molecule has 1 aromatic heterocycles. The maximum atomic E-state index is 9.44. The molecule has 1 aliphatic carbocycles. The molecule has 1 heterocycles. The SMILES string of the molecule is CCNC1(C#N)CCCC1CCn1ccnc1. The summed E-state index contributed by atoms with van der Waals surface area (Å²) in [4.78, 5) is 4.04. The quantitative estimate of drug-likeness (QED) is 0.844. The van der Waals surface area contributed by atoms with E-state index in [1.165, 1.54) is 0 Å². The van der Waals surface area contributed by atoms with Crippen LogP contribution in [-0.4, -0.2) is 21.6 Å². The molecule has 0 amide bonds. The smallest absolute Gasteiger partial charge is 0.109 e. The van der Waals surface area contributed by atoms with E-state index in [1.807, 2.05) is 12.5 Å². The molecule has 1 aliphatic rings. The summed E-state index contributed by atoms with van der Waals surface area (Å²) in [5.41, 5.74) is -0.282. The van der Waals surface area contributed by atoms with Crippen LogP contribution in [0.25, 0.3) is 0 Å². The van der Waals surface area contributed by atoms with Crippen LogP contribution in [0, 0.1) is 17.2 Å². The van der Waals surface area contributed by atoms with Crippen molar-refractivity contribution < 1.29 is 0 Å². The second-order valence-corrected chi connectivity index (χ2v) is 4.79. The largest absolute Gasteiger partial charge is 0.337 e. The summed E-state index contributed by atoms with van der Waals surface area (Å²) >= 11 is 0. The van der Waals surface area contributed by atoms with Crippen molar-refractivity contribution in [2.24, 2.45) is 5.92 Å². The van der Waals surface area contributed by atoms with Crippen LogP contribution in [0.2, 0.25) is 0 Å². The van der Waals surface area contributed by atoms with Crippen molar-refractivity contribution in [3.8, 4) is 6.07 Å². The number of rotatable bonds is 5. The van der Waals surface area contributed by atoms with Crippen LogP contribution < -0.4 is 5.32 Å². The molecule has 2 rings (SSSR count). The first-order valence-corrected chi connectivity index (χ1v) is 6.43. The van der Waals surface area contributed by atoms with E-state index in [9.17, 15) is 5.26 Å². The van der Waals surface area contributed by atoms with Gasteiger partial charge in [0.2, 0.25) is 0 Å². The first-order valence-electron chi connectivity index (χ1n) is 6.43. The Labute approximate surface area is 103 Å². The summed E-state index contributed by atoms with van der Waals surface area (Å²) in [5.74, 6) is 0.467. The van der Waals surface area contributed by atoms with Crippen LogP contribution in [-0.2, 0) is 6.54 Å². The van der Waals surface area contributed by atoms with Crippen LogP contribution in [0.4, 0.5) is 0 Å². The van der Waals surface area contributed by atoms with Gasteiger partial charge in [-0.2, -0.15) is 5.26 Å². The van der Waals surface area contributed by atoms with Crippen molar-refractivity contribution in [1.82, 2.24) is 14.9 Å². The first kappa shape index (κ1) is 12.1. The standard InChI is InChI=1S/C13H20N4/c1-2-16-13(10-14)6-3-4-12(13)5-8-17-9-7-15-11-17/h7,9,11-12,16H,2-6,8H2,1H3. The molecule has 0 saturated heterocycles. The van der Waals surface area contributed by atoms with E-state index < -0.39 is 0 Å². The monoisotopic (exact) mass is 232 g/mol. The van der Waals surface area contributed by atoms with Crippen LogP contribution in [0.15, 0.2) is 18.7 Å². The normalized spacial score (nSPS) is 28.1. The number of hydrogen-bond acceptors (Lipinski definition) is 3. The molecule has 0 aliphatic heterocycles. The van der Waals surface area contributed by atoms with Crippen molar-refractivity contribution in [1.29, 1.82) is 5.26 Å². The summed E-state index contributed by atoms with van der Waals surface area (Å²) in [5, 5.41) is 12.8. The number of imidazole rings is 1. The number of aromatic nitrogens is 2. The average molecular weight is 232 g/mol. The minimum atomic E-state index is -0.282. The van der Waals surface area contributed by atoms with Gasteiger partial charge in [-0.15, -0.1) is 0 Å². The van der Waals surface area contributed by atoms with Gasteiger partial charge in [-0.3, -0.25) is 5.32 Å². The van der Waals surface area contributed by atoms with Gasteiger partial charge in [0.1, 0.15) is 5.54 Å². The van der Waals surface area contributed by atoms with Gasteiger partial charge in [0.15, 0.2) is 0 Å². The summed E-state index contributed by atoms with van der Waals surface area (Å²) in [7, 11) is 0. The van der Waals surface area contributed by atoms with Gasteiger partial charge < -0.3 is 4.57 Å². The van der Waals surface area contributed by atoms with Gasteiger partial charge in [0.05, 0.1) is 12.4 Å². The van der Waals surface area contributed by atoms with Gasteiger partial charge in [0.25, 0.3) is 0 Å². The topological polar surface area (TPSA) is 53.6 Å². The molecule has 2 atom stereocenters. The molecule has 0 bridgehead atoms. The summed E-state index contributed by atoms with van der Waals surface area (Å²) in [6.45, 7) is 3.90. The molecule has 4 nitrogen and oxygen atoms in total. The molecule has 2 unspecified atom stereocenters. The molecule has 4 heteroatoms. The Balaban J connectivity index is 1.97. The van der Waals surface area contributed by atoms with Gasteiger partial charge in [0, 0.05) is 18.9 Å². The molecule has 1 fully saturated rings. The summed E-state index contributed by atoms with van der Waals surface area (Å²) in [6, 6.07) is 2.52. The highest BCUT2D eigenvalue weighted by molar-refractivity contribution is 5.13. The van der Waals surface area contributed by atoms with Crippen molar-refractivity contribution in [3.63, 3.8) is 0 Å². The molecular formula is C13H20N4. The van der Waals surface area contributed by atoms with Crippen molar-refractivity contribution in [3.05, 3.63) is 18.7 Å². The second-order valence-electron chi connectivity index (χ2n) is 4.79. The van der Waals surface area contributed by atoms with E-state index in [-0.39, 0.29) is 5.54 Å². The highest BCUT2D eigenvalue weighted by Crippen LogP contribution is 2.37. The fraction of sp³-hybridized carbons (Fsp3) is 0.692. The predicted molar refractivity (Wildman–Crippen MR) is 66.2 cm³/mol. The van der Waals surface area contributed by atoms with E-state index in [2.05, 4.69) is 27.9 Å². The van der Waals surface area contributed by atoms with E-state index in [0.29, 0.717) is 5.92 Å². The number of nitriles is 1. The lowest BCUT2D eigenvalue weighted by atomic mass is 9.86. The minimum Gasteiger partial charge on any atom is -0.337 e. The Hall–Kier alpha value is -1.34. The third-order valence-corrected chi connectivity index (χ3v) is 3.81. The van der Waals surface area contributed by atoms with Gasteiger partial charge in [-0.25, -0.2) is 4.98 Å². The Bertz CT molecular complexity index is 379. The number of nitrogens with one attached hydrogen (secondary N) is 1. The fourth-order valence-corrected chi connectivity index (χ4v) is 2.93. The maximum Gasteiger partial charge on any atom is 0.109 e. The van der Waals surface area contributed by atoms with Crippen LogP contribution >= 0.6 is 0 Å². The predicted octanol–water partition coefficient (Wildman–Crippen LogP) is 1.95. The number of hydrogen-bond donors (Lipinski definition) is 1. The summed E-state index contributed by atoms with van der Waals surface area (Å²) in [6.07, 6.45) is 10.00. The fourth-order valence-electron chi connectivity index (χ4n) is 2.93. The third-order valence-electron chi connectivity index (χ3n) is 3.81. The molecule has 0 spiro atoms. The molecular weight excluding hydrogens is 212 g/mol. The van der Waals surface area contributed by atoms with Gasteiger partial charge in [-0.1, -0.05) is 13.3 Å². The maximum absolute atomic E-state index is 9.44. The zero-order chi connectivity index (χ0) is 12.1.